The van der Waals surface area contributed by atoms with Gasteiger partial charge in [0.1, 0.15) is 11.6 Å². The van der Waals surface area contributed by atoms with Crippen LogP contribution in [0.3, 0.4) is 0 Å². The number of carbonyl (C=O) groups excluding carboxylic acids is 1. The molecule has 1 rings (SSSR count). The zero-order valence-corrected chi connectivity index (χ0v) is 11.9. The summed E-state index contributed by atoms with van der Waals surface area (Å²) in [5, 5.41) is 13.5. The first kappa shape index (κ1) is 15.8. The number of aliphatic hydroxyl groups excluding tert-OH is 1. The molecule has 0 unspecified atom stereocenters. The Hall–Kier alpha value is -1.21. The summed E-state index contributed by atoms with van der Waals surface area (Å²) in [6.07, 6.45) is 1.16. The summed E-state index contributed by atoms with van der Waals surface area (Å²) in [5.41, 5.74) is -0.229. The molecule has 0 fully saturated rings. The van der Waals surface area contributed by atoms with E-state index >= 15 is 0 Å². The van der Waals surface area contributed by atoms with Crippen LogP contribution in [0.2, 0.25) is 0 Å². The fourth-order valence-electron chi connectivity index (χ4n) is 1.47. The summed E-state index contributed by atoms with van der Waals surface area (Å²) >= 11 is 2.85. The highest BCUT2D eigenvalue weighted by molar-refractivity contribution is 9.10. The van der Waals surface area contributed by atoms with E-state index in [0.29, 0.717) is 12.8 Å². The van der Waals surface area contributed by atoms with Crippen LogP contribution in [0.1, 0.15) is 19.8 Å². The monoisotopic (exact) mass is 336 g/mol. The lowest BCUT2D eigenvalue weighted by Gasteiger charge is -2.14. The van der Waals surface area contributed by atoms with Crippen LogP contribution >= 0.6 is 15.9 Å². The Morgan fingerprint density at radius 2 is 2.11 bits per heavy atom. The molecule has 0 radical (unpaired) electrons. The minimum Gasteiger partial charge on any atom is -0.396 e. The van der Waals surface area contributed by atoms with E-state index < -0.39 is 17.7 Å². The van der Waals surface area contributed by atoms with Crippen LogP contribution in [-0.4, -0.2) is 23.8 Å². The zero-order chi connectivity index (χ0) is 14.4. The van der Waals surface area contributed by atoms with Crippen molar-refractivity contribution in [1.82, 2.24) is 5.32 Å². The standard InChI is InChI=1S/C12H15BrF2N2O2/c1-7(3-2-4-18)16-12(19)17-11-6-9(14)8(13)5-10(11)15/h5-7,18H,2-4H2,1H3,(H2,16,17,19)/t7-/m1/s1. The summed E-state index contributed by atoms with van der Waals surface area (Å²) in [6, 6.07) is 1.05. The van der Waals surface area contributed by atoms with Gasteiger partial charge in [0.05, 0.1) is 10.2 Å². The molecule has 1 aromatic rings. The number of urea groups is 1. The Morgan fingerprint density at radius 3 is 2.74 bits per heavy atom. The van der Waals surface area contributed by atoms with Crippen LogP contribution in [0.5, 0.6) is 0 Å². The lowest BCUT2D eigenvalue weighted by atomic mass is 10.2. The third kappa shape index (κ3) is 5.12. The van der Waals surface area contributed by atoms with Crippen molar-refractivity contribution in [2.75, 3.05) is 11.9 Å². The summed E-state index contributed by atoms with van der Waals surface area (Å²) in [6.45, 7) is 1.80. The fraction of sp³-hybridized carbons (Fsp3) is 0.417. The van der Waals surface area contributed by atoms with Crippen molar-refractivity contribution in [2.24, 2.45) is 0 Å². The number of carbonyl (C=O) groups is 1. The molecule has 0 aliphatic carbocycles. The maximum atomic E-state index is 13.5. The van der Waals surface area contributed by atoms with Gasteiger partial charge in [-0.05, 0) is 41.8 Å². The Morgan fingerprint density at radius 1 is 1.42 bits per heavy atom. The molecule has 19 heavy (non-hydrogen) atoms. The largest absolute Gasteiger partial charge is 0.396 e. The van der Waals surface area contributed by atoms with E-state index in [0.717, 1.165) is 12.1 Å². The normalized spacial score (nSPS) is 12.1. The molecule has 0 aliphatic rings. The average molecular weight is 337 g/mol. The summed E-state index contributed by atoms with van der Waals surface area (Å²) in [7, 11) is 0. The van der Waals surface area contributed by atoms with Gasteiger partial charge in [0.25, 0.3) is 0 Å². The van der Waals surface area contributed by atoms with Crippen molar-refractivity contribution in [1.29, 1.82) is 0 Å². The molecule has 0 heterocycles. The fourth-order valence-corrected chi connectivity index (χ4v) is 1.79. The molecule has 7 heteroatoms. The molecule has 0 bridgehead atoms. The van der Waals surface area contributed by atoms with Crippen molar-refractivity contribution in [3.05, 3.63) is 28.2 Å². The van der Waals surface area contributed by atoms with Crippen LogP contribution in [0.15, 0.2) is 16.6 Å². The number of rotatable bonds is 5. The lowest BCUT2D eigenvalue weighted by molar-refractivity contribution is 0.245. The molecular weight excluding hydrogens is 322 g/mol. The second kappa shape index (κ2) is 7.40. The Balaban J connectivity index is 2.59. The van der Waals surface area contributed by atoms with Crippen molar-refractivity contribution in [2.45, 2.75) is 25.8 Å². The van der Waals surface area contributed by atoms with Gasteiger partial charge in [-0.25, -0.2) is 13.6 Å². The van der Waals surface area contributed by atoms with E-state index in [-0.39, 0.29) is 22.8 Å². The van der Waals surface area contributed by atoms with Crippen LogP contribution in [0.4, 0.5) is 19.3 Å². The minimum atomic E-state index is -0.730. The molecule has 106 valence electrons. The highest BCUT2D eigenvalue weighted by Gasteiger charge is 2.12. The van der Waals surface area contributed by atoms with E-state index in [1.54, 1.807) is 6.92 Å². The maximum absolute atomic E-state index is 13.5. The van der Waals surface area contributed by atoms with Crippen LogP contribution in [0, 0.1) is 11.6 Å². The molecule has 4 nitrogen and oxygen atoms in total. The SMILES string of the molecule is C[C@H](CCCO)NC(=O)Nc1cc(F)c(Br)cc1F. The third-order valence-electron chi connectivity index (χ3n) is 2.43. The van der Waals surface area contributed by atoms with Crippen molar-refractivity contribution in [3.63, 3.8) is 0 Å². The van der Waals surface area contributed by atoms with E-state index in [1.807, 2.05) is 0 Å². The van der Waals surface area contributed by atoms with Gasteiger partial charge in [0.15, 0.2) is 0 Å². The highest BCUT2D eigenvalue weighted by Crippen LogP contribution is 2.23. The number of aliphatic hydroxyl groups is 1. The second-order valence-corrected chi connectivity index (χ2v) is 4.97. The van der Waals surface area contributed by atoms with Crippen LogP contribution in [-0.2, 0) is 0 Å². The van der Waals surface area contributed by atoms with Crippen molar-refractivity contribution in [3.8, 4) is 0 Å². The van der Waals surface area contributed by atoms with Gasteiger partial charge in [-0.15, -0.1) is 0 Å². The van der Waals surface area contributed by atoms with Crippen molar-refractivity contribution < 1.29 is 18.7 Å². The molecular formula is C12H15BrF2N2O2. The molecule has 3 N–H and O–H groups in total. The molecule has 0 aliphatic heterocycles. The highest BCUT2D eigenvalue weighted by atomic mass is 79.9. The van der Waals surface area contributed by atoms with Gasteiger partial charge >= 0.3 is 6.03 Å². The quantitative estimate of drug-likeness (QED) is 0.724. The van der Waals surface area contributed by atoms with Gasteiger partial charge in [-0.1, -0.05) is 0 Å². The molecule has 0 saturated carbocycles. The molecule has 0 spiro atoms. The van der Waals surface area contributed by atoms with Gasteiger partial charge in [0.2, 0.25) is 0 Å². The van der Waals surface area contributed by atoms with E-state index in [4.69, 9.17) is 5.11 Å². The number of hydrogen-bond donors (Lipinski definition) is 3. The number of amides is 2. The second-order valence-electron chi connectivity index (χ2n) is 4.11. The molecule has 0 aromatic heterocycles. The summed E-state index contributed by atoms with van der Waals surface area (Å²) in [4.78, 5) is 11.5. The Bertz CT molecular complexity index is 458. The van der Waals surface area contributed by atoms with Gasteiger partial charge < -0.3 is 15.7 Å². The number of benzene rings is 1. The topological polar surface area (TPSA) is 61.4 Å². The Kier molecular flexibility index (Phi) is 6.17. The summed E-state index contributed by atoms with van der Waals surface area (Å²) in [5.74, 6) is -1.39. The predicted octanol–water partition coefficient (Wildman–Crippen LogP) is 3.01. The van der Waals surface area contributed by atoms with E-state index in [1.165, 1.54) is 0 Å². The van der Waals surface area contributed by atoms with Gasteiger partial charge in [-0.2, -0.15) is 0 Å². The number of hydrogen-bond acceptors (Lipinski definition) is 2. The molecule has 0 saturated heterocycles. The number of halogens is 3. The minimum absolute atomic E-state index is 0.00716. The molecule has 1 aromatic carbocycles. The first-order valence-corrected chi connectivity index (χ1v) is 6.56. The number of nitrogens with one attached hydrogen (secondary N) is 2. The molecule has 2 amide bonds. The zero-order valence-electron chi connectivity index (χ0n) is 10.3. The van der Waals surface area contributed by atoms with Gasteiger partial charge in [0, 0.05) is 18.7 Å². The smallest absolute Gasteiger partial charge is 0.319 e. The summed E-state index contributed by atoms with van der Waals surface area (Å²) < 4.78 is 26.7. The lowest BCUT2D eigenvalue weighted by Crippen LogP contribution is -2.36. The average Bonchev–Trinajstić information content (AvgIpc) is 2.33. The maximum Gasteiger partial charge on any atom is 0.319 e. The first-order chi connectivity index (χ1) is 8.93. The third-order valence-corrected chi connectivity index (χ3v) is 3.04. The van der Waals surface area contributed by atoms with Crippen LogP contribution < -0.4 is 10.6 Å². The van der Waals surface area contributed by atoms with E-state index in [9.17, 15) is 13.6 Å². The van der Waals surface area contributed by atoms with E-state index in [2.05, 4.69) is 26.6 Å². The number of anilines is 1. The first-order valence-electron chi connectivity index (χ1n) is 5.77. The van der Waals surface area contributed by atoms with Crippen LogP contribution in [0.25, 0.3) is 0 Å². The molecule has 1 atom stereocenters. The predicted molar refractivity (Wildman–Crippen MR) is 72.0 cm³/mol. The van der Waals surface area contributed by atoms with Crippen molar-refractivity contribution >= 4 is 27.6 Å². The van der Waals surface area contributed by atoms with Gasteiger partial charge in [-0.3, -0.25) is 0 Å². The Labute approximate surface area is 118 Å².